The SMILES string of the molecule is CC1CC(c2ccccc2)C1(C)C. The van der Waals surface area contributed by atoms with E-state index in [-0.39, 0.29) is 0 Å². The Labute approximate surface area is 81.0 Å². The fraction of sp³-hybridized carbons (Fsp3) is 0.538. The third-order valence-electron chi connectivity index (χ3n) is 3.96. The zero-order chi connectivity index (χ0) is 9.47. The highest BCUT2D eigenvalue weighted by molar-refractivity contribution is 5.25. The second-order valence-electron chi connectivity index (χ2n) is 4.92. The van der Waals surface area contributed by atoms with Crippen molar-refractivity contribution in [2.24, 2.45) is 11.3 Å². The average molecular weight is 174 g/mol. The Morgan fingerprint density at radius 3 is 2.23 bits per heavy atom. The number of hydrogen-bond acceptors (Lipinski definition) is 0. The van der Waals surface area contributed by atoms with Crippen LogP contribution in [-0.4, -0.2) is 0 Å². The fourth-order valence-electron chi connectivity index (χ4n) is 2.39. The fourth-order valence-corrected chi connectivity index (χ4v) is 2.39. The third-order valence-corrected chi connectivity index (χ3v) is 3.96. The van der Waals surface area contributed by atoms with E-state index in [2.05, 4.69) is 51.1 Å². The minimum absolute atomic E-state index is 0.501. The molecule has 0 spiro atoms. The predicted octanol–water partition coefficient (Wildman–Crippen LogP) is 3.84. The number of rotatable bonds is 1. The van der Waals surface area contributed by atoms with Gasteiger partial charge in [-0.15, -0.1) is 0 Å². The molecule has 2 unspecified atom stereocenters. The zero-order valence-electron chi connectivity index (χ0n) is 8.75. The Balaban J connectivity index is 2.22. The summed E-state index contributed by atoms with van der Waals surface area (Å²) in [6.45, 7) is 7.14. The maximum Gasteiger partial charge on any atom is -0.0105 e. The summed E-state index contributed by atoms with van der Waals surface area (Å²) in [5.41, 5.74) is 2.02. The van der Waals surface area contributed by atoms with Crippen LogP contribution in [0.15, 0.2) is 30.3 Å². The van der Waals surface area contributed by atoms with E-state index in [0.29, 0.717) is 5.41 Å². The normalized spacial score (nSPS) is 31.0. The van der Waals surface area contributed by atoms with Gasteiger partial charge >= 0.3 is 0 Å². The van der Waals surface area contributed by atoms with Crippen LogP contribution in [0, 0.1) is 11.3 Å². The number of hydrogen-bond donors (Lipinski definition) is 0. The van der Waals surface area contributed by atoms with E-state index in [1.54, 1.807) is 0 Å². The van der Waals surface area contributed by atoms with E-state index in [0.717, 1.165) is 11.8 Å². The van der Waals surface area contributed by atoms with Crippen LogP contribution < -0.4 is 0 Å². The summed E-state index contributed by atoms with van der Waals surface area (Å²) < 4.78 is 0. The molecule has 0 bridgehead atoms. The predicted molar refractivity (Wildman–Crippen MR) is 56.7 cm³/mol. The van der Waals surface area contributed by atoms with Gasteiger partial charge in [0.1, 0.15) is 0 Å². The van der Waals surface area contributed by atoms with E-state index in [9.17, 15) is 0 Å². The monoisotopic (exact) mass is 174 g/mol. The molecule has 0 saturated heterocycles. The highest BCUT2D eigenvalue weighted by Crippen LogP contribution is 2.56. The minimum atomic E-state index is 0.501. The van der Waals surface area contributed by atoms with Gasteiger partial charge < -0.3 is 0 Å². The van der Waals surface area contributed by atoms with Crippen LogP contribution in [0.25, 0.3) is 0 Å². The van der Waals surface area contributed by atoms with Crippen LogP contribution >= 0.6 is 0 Å². The molecule has 2 rings (SSSR count). The maximum atomic E-state index is 2.39. The first-order chi connectivity index (χ1) is 6.12. The van der Waals surface area contributed by atoms with Gasteiger partial charge in [-0.25, -0.2) is 0 Å². The Hall–Kier alpha value is -0.780. The standard InChI is InChI=1S/C13H18/c1-10-9-12(13(10,2)3)11-7-5-4-6-8-11/h4-8,10,12H,9H2,1-3H3. The van der Waals surface area contributed by atoms with Crippen LogP contribution in [0.3, 0.4) is 0 Å². The lowest BCUT2D eigenvalue weighted by atomic mass is 9.53. The molecule has 0 radical (unpaired) electrons. The van der Waals surface area contributed by atoms with Crippen molar-refractivity contribution in [2.75, 3.05) is 0 Å². The molecule has 1 saturated carbocycles. The van der Waals surface area contributed by atoms with E-state index in [4.69, 9.17) is 0 Å². The van der Waals surface area contributed by atoms with E-state index in [1.807, 2.05) is 0 Å². The molecular weight excluding hydrogens is 156 g/mol. The molecule has 0 amide bonds. The Morgan fingerprint density at radius 1 is 1.15 bits per heavy atom. The second kappa shape index (κ2) is 2.87. The Kier molecular flexibility index (Phi) is 1.94. The van der Waals surface area contributed by atoms with Gasteiger partial charge in [-0.3, -0.25) is 0 Å². The first kappa shape index (κ1) is 8.80. The summed E-state index contributed by atoms with van der Waals surface area (Å²) in [6, 6.07) is 10.9. The lowest BCUT2D eigenvalue weighted by Gasteiger charge is -2.51. The van der Waals surface area contributed by atoms with Crippen molar-refractivity contribution in [3.63, 3.8) is 0 Å². The maximum absolute atomic E-state index is 2.39. The summed E-state index contributed by atoms with van der Waals surface area (Å²) >= 11 is 0. The molecule has 2 atom stereocenters. The topological polar surface area (TPSA) is 0 Å². The van der Waals surface area contributed by atoms with Crippen molar-refractivity contribution in [3.8, 4) is 0 Å². The lowest BCUT2D eigenvalue weighted by molar-refractivity contribution is 0.0480. The molecule has 1 aromatic rings. The molecule has 0 aliphatic heterocycles. The molecule has 1 aliphatic carbocycles. The van der Waals surface area contributed by atoms with Crippen LogP contribution in [0.5, 0.6) is 0 Å². The smallest absolute Gasteiger partial charge is 0.0105 e. The highest BCUT2D eigenvalue weighted by atomic mass is 14.5. The molecule has 70 valence electrons. The van der Waals surface area contributed by atoms with Gasteiger partial charge in [-0.1, -0.05) is 51.1 Å². The van der Waals surface area contributed by atoms with Gasteiger partial charge in [-0.05, 0) is 29.2 Å². The summed E-state index contributed by atoms with van der Waals surface area (Å²) in [5, 5.41) is 0. The third kappa shape index (κ3) is 1.29. The van der Waals surface area contributed by atoms with Crippen molar-refractivity contribution in [1.82, 2.24) is 0 Å². The molecule has 0 heterocycles. The van der Waals surface area contributed by atoms with E-state index >= 15 is 0 Å². The molecule has 1 aliphatic rings. The van der Waals surface area contributed by atoms with Gasteiger partial charge in [0.25, 0.3) is 0 Å². The molecular formula is C13H18. The van der Waals surface area contributed by atoms with E-state index in [1.165, 1.54) is 12.0 Å². The summed E-state index contributed by atoms with van der Waals surface area (Å²) in [7, 11) is 0. The zero-order valence-corrected chi connectivity index (χ0v) is 8.75. The van der Waals surface area contributed by atoms with Crippen LogP contribution in [0.4, 0.5) is 0 Å². The second-order valence-corrected chi connectivity index (χ2v) is 4.92. The average Bonchev–Trinajstić information content (AvgIpc) is 2.15. The molecule has 0 N–H and O–H groups in total. The first-order valence-electron chi connectivity index (χ1n) is 5.17. The van der Waals surface area contributed by atoms with Crippen molar-refractivity contribution in [1.29, 1.82) is 0 Å². The van der Waals surface area contributed by atoms with Crippen molar-refractivity contribution < 1.29 is 0 Å². The van der Waals surface area contributed by atoms with Crippen LogP contribution in [0.2, 0.25) is 0 Å². The molecule has 1 aromatic carbocycles. The van der Waals surface area contributed by atoms with Crippen molar-refractivity contribution in [3.05, 3.63) is 35.9 Å². The quantitative estimate of drug-likeness (QED) is 0.607. The van der Waals surface area contributed by atoms with Gasteiger partial charge in [0.2, 0.25) is 0 Å². The molecule has 0 aromatic heterocycles. The van der Waals surface area contributed by atoms with Crippen molar-refractivity contribution in [2.45, 2.75) is 33.1 Å². The van der Waals surface area contributed by atoms with Gasteiger partial charge in [0, 0.05) is 0 Å². The summed E-state index contributed by atoms with van der Waals surface area (Å²) in [5.74, 6) is 1.65. The number of benzene rings is 1. The van der Waals surface area contributed by atoms with Gasteiger partial charge in [0.15, 0.2) is 0 Å². The molecule has 0 nitrogen and oxygen atoms in total. The lowest BCUT2D eigenvalue weighted by Crippen LogP contribution is -2.41. The highest BCUT2D eigenvalue weighted by Gasteiger charge is 2.45. The summed E-state index contributed by atoms with van der Waals surface area (Å²) in [4.78, 5) is 0. The molecule has 1 fully saturated rings. The Morgan fingerprint density at radius 2 is 1.77 bits per heavy atom. The first-order valence-corrected chi connectivity index (χ1v) is 5.17. The largest absolute Gasteiger partial charge is 0.0622 e. The summed E-state index contributed by atoms with van der Waals surface area (Å²) in [6.07, 6.45) is 1.36. The molecule has 0 heteroatoms. The Bertz CT molecular complexity index is 284. The molecule has 13 heavy (non-hydrogen) atoms. The van der Waals surface area contributed by atoms with Gasteiger partial charge in [0.05, 0.1) is 0 Å². The van der Waals surface area contributed by atoms with Crippen LogP contribution in [-0.2, 0) is 0 Å². The van der Waals surface area contributed by atoms with Gasteiger partial charge in [-0.2, -0.15) is 0 Å². The van der Waals surface area contributed by atoms with E-state index < -0.39 is 0 Å². The van der Waals surface area contributed by atoms with Crippen molar-refractivity contribution >= 4 is 0 Å². The van der Waals surface area contributed by atoms with Crippen LogP contribution in [0.1, 0.15) is 38.7 Å². The minimum Gasteiger partial charge on any atom is -0.0622 e.